The van der Waals surface area contributed by atoms with E-state index in [1.807, 2.05) is 0 Å². The Morgan fingerprint density at radius 1 is 0.360 bits per heavy atom. The van der Waals surface area contributed by atoms with E-state index in [1.165, 1.54) is 215 Å². The quantitative estimate of drug-likeness (QED) is 0.145. The molecule has 8 unspecified atom stereocenters. The fraction of sp³-hybridized carbons (Fsp3) is 0.488. The van der Waals surface area contributed by atoms with Crippen molar-refractivity contribution in [2.24, 2.45) is 71.0 Å². The number of anilines is 3. The third-order valence-corrected chi connectivity index (χ3v) is 29.6. The van der Waals surface area contributed by atoms with Crippen molar-refractivity contribution in [1.82, 2.24) is 9.05 Å². The standard InChI is InChI=1S/C82H82BN3/c1-3-7-63(8-4-1)84(64-9-5-2-6-10-64)65-35-68-71-32-61(80-18-16-56-26-54(38-80)28-58(56)46-80)31-69-67-29-59(79-17-15-55-25-53(37-79)27-57(55)45-79)12-14-74(67)86(77(69)71)83-72-34-62(82-42-50-22-51(43-82)24-52(23-50)44-82)33-70-66-30-60(81-39-47-19-48(40-81)21-49(20-47)41-81)11-13-73(66)85(78(70)72)75(36-65)76(68)83/h1-14,29-36,47-58H,15-28,37-46H2. The molecule has 86 heavy (non-hydrogen) atoms. The summed E-state index contributed by atoms with van der Waals surface area (Å²) >= 11 is 0. The molecule has 14 bridgehead atoms. The first-order chi connectivity index (χ1) is 42.3. The first-order valence-electron chi connectivity index (χ1n) is 35.6. The van der Waals surface area contributed by atoms with Gasteiger partial charge in [0.25, 0.3) is 0 Å². The van der Waals surface area contributed by atoms with Crippen LogP contribution < -0.4 is 15.8 Å². The van der Waals surface area contributed by atoms with Gasteiger partial charge < -0.3 is 13.9 Å². The molecule has 428 valence electrons. The van der Waals surface area contributed by atoms with Gasteiger partial charge in [0.05, 0.1) is 11.0 Å². The highest BCUT2D eigenvalue weighted by molar-refractivity contribution is 6.90. The van der Waals surface area contributed by atoms with Crippen molar-refractivity contribution in [2.45, 2.75) is 176 Å². The van der Waals surface area contributed by atoms with E-state index in [-0.39, 0.29) is 17.7 Å². The minimum Gasteiger partial charge on any atom is -0.375 e. The molecule has 3 nitrogen and oxygen atoms in total. The minimum absolute atomic E-state index is 0.0502. The second kappa shape index (κ2) is 16.2. The molecule has 14 saturated carbocycles. The van der Waals surface area contributed by atoms with Crippen molar-refractivity contribution < 1.29 is 0 Å². The Bertz CT molecular complexity index is 4360. The van der Waals surface area contributed by atoms with Gasteiger partial charge in [-0.15, -0.1) is 0 Å². The minimum atomic E-state index is 0.0502. The molecule has 0 saturated heterocycles. The molecule has 0 radical (unpaired) electrons. The molecule has 14 fully saturated rings. The van der Waals surface area contributed by atoms with Gasteiger partial charge in [-0.25, -0.2) is 0 Å². The molecule has 25 rings (SSSR count). The summed E-state index contributed by atoms with van der Waals surface area (Å²) in [4.78, 5) is 2.60. The number of benzene rings is 7. The number of rotatable bonds is 7. The molecule has 4 heterocycles. The molecule has 14 aliphatic carbocycles. The zero-order chi connectivity index (χ0) is 55.3. The maximum absolute atomic E-state index is 3.03. The van der Waals surface area contributed by atoms with Gasteiger partial charge in [0.1, 0.15) is 0 Å². The van der Waals surface area contributed by atoms with Crippen molar-refractivity contribution in [3.63, 3.8) is 0 Å². The lowest BCUT2D eigenvalue weighted by Crippen LogP contribution is -2.56. The zero-order valence-electron chi connectivity index (χ0n) is 50.5. The highest BCUT2D eigenvalue weighted by Gasteiger charge is 2.57. The van der Waals surface area contributed by atoms with Gasteiger partial charge >= 0.3 is 6.85 Å². The van der Waals surface area contributed by atoms with E-state index in [1.54, 1.807) is 49.3 Å². The van der Waals surface area contributed by atoms with Gasteiger partial charge in [0.15, 0.2) is 0 Å². The van der Waals surface area contributed by atoms with Crippen molar-refractivity contribution in [3.05, 3.63) is 156 Å². The predicted octanol–water partition coefficient (Wildman–Crippen LogP) is 19.2. The molecule has 2 aromatic heterocycles. The molecule has 4 heteroatoms. The summed E-state index contributed by atoms with van der Waals surface area (Å²) in [7, 11) is 0. The average Bonchev–Trinajstić information content (AvgIpc) is 1.44. The summed E-state index contributed by atoms with van der Waals surface area (Å²) in [6.07, 6.45) is 34.5. The Balaban J connectivity index is 0.848. The summed E-state index contributed by atoms with van der Waals surface area (Å²) < 4.78 is 5.92. The van der Waals surface area contributed by atoms with E-state index in [0.29, 0.717) is 10.8 Å². The first-order valence-corrected chi connectivity index (χ1v) is 35.6. The molecule has 7 aromatic carbocycles. The highest BCUT2D eigenvalue weighted by Crippen LogP contribution is 2.66. The van der Waals surface area contributed by atoms with Crippen LogP contribution in [-0.2, 0) is 21.7 Å². The van der Waals surface area contributed by atoms with Crippen LogP contribution in [0.5, 0.6) is 0 Å². The molecular formula is C82H82BN3. The zero-order valence-corrected chi connectivity index (χ0v) is 50.5. The Kier molecular flexibility index (Phi) is 9.07. The third kappa shape index (κ3) is 6.16. The molecule has 0 spiro atoms. The van der Waals surface area contributed by atoms with Crippen molar-refractivity contribution >= 4 is 78.4 Å². The molecule has 16 aliphatic rings. The largest absolute Gasteiger partial charge is 0.375 e. The Morgan fingerprint density at radius 2 is 0.826 bits per heavy atom. The van der Waals surface area contributed by atoms with Crippen LogP contribution in [0.25, 0.3) is 60.4 Å². The van der Waals surface area contributed by atoms with Crippen LogP contribution >= 0.6 is 0 Å². The Labute approximate surface area is 508 Å². The van der Waals surface area contributed by atoms with Gasteiger partial charge in [-0.3, -0.25) is 0 Å². The van der Waals surface area contributed by atoms with Crippen molar-refractivity contribution in [1.29, 1.82) is 0 Å². The van der Waals surface area contributed by atoms with Crippen LogP contribution in [0.4, 0.5) is 17.1 Å². The fourth-order valence-electron chi connectivity index (χ4n) is 27.5. The number of para-hydroxylation sites is 2. The van der Waals surface area contributed by atoms with E-state index in [2.05, 4.69) is 147 Å². The Hall–Kier alpha value is -6.00. The summed E-state index contributed by atoms with van der Waals surface area (Å²) in [5.41, 5.74) is 25.1. The lowest BCUT2D eigenvalue weighted by atomic mass is 9.44. The molecule has 2 aliphatic heterocycles. The average molecular weight is 1120 g/mol. The van der Waals surface area contributed by atoms with Gasteiger partial charge in [0.2, 0.25) is 0 Å². The summed E-state index contributed by atoms with van der Waals surface area (Å²) in [5.74, 6) is 11.0. The van der Waals surface area contributed by atoms with Gasteiger partial charge in [0, 0.05) is 60.9 Å². The number of nitrogens with zero attached hydrogens (tertiary/aromatic N) is 3. The first kappa shape index (κ1) is 48.0. The topological polar surface area (TPSA) is 13.1 Å². The van der Waals surface area contributed by atoms with Crippen LogP contribution in [0.1, 0.15) is 176 Å². The van der Waals surface area contributed by atoms with Crippen LogP contribution in [-0.4, -0.2) is 15.9 Å². The fourth-order valence-corrected chi connectivity index (χ4v) is 27.5. The van der Waals surface area contributed by atoms with Crippen LogP contribution in [0, 0.1) is 71.0 Å². The monoisotopic (exact) mass is 1120 g/mol. The van der Waals surface area contributed by atoms with E-state index < -0.39 is 0 Å². The van der Waals surface area contributed by atoms with Gasteiger partial charge in [-0.05, 0) is 364 Å². The SMILES string of the molecule is c1ccc(N(c2ccccc2)c2cc3c4c(c2)-n2c5ccc(C67CC8CC(CC(C8)C6)C7)cc5c5cc(C67CC8CC(CC(C8)C6)C7)cc(c52)B4n2c4ccc(C56CCC7CC(CC7C5)C6)cc4c4cc(C56CCC7CC(CC7C5)C6)cc-3c42)cc1. The lowest BCUT2D eigenvalue weighted by molar-refractivity contribution is -0.00526. The number of hydrogen-bond donors (Lipinski definition) is 0. The van der Waals surface area contributed by atoms with Crippen molar-refractivity contribution in [2.75, 3.05) is 4.90 Å². The van der Waals surface area contributed by atoms with Gasteiger partial charge in [-0.2, -0.15) is 0 Å². The van der Waals surface area contributed by atoms with E-state index in [9.17, 15) is 0 Å². The van der Waals surface area contributed by atoms with Crippen LogP contribution in [0.2, 0.25) is 0 Å². The smallest absolute Gasteiger partial charge is 0.333 e. The number of hydrogen-bond acceptors (Lipinski definition) is 1. The number of aromatic nitrogens is 2. The summed E-state index contributed by atoms with van der Waals surface area (Å²) in [5, 5.41) is 6.21. The third-order valence-electron chi connectivity index (χ3n) is 29.6. The molecule has 0 amide bonds. The predicted molar refractivity (Wildman–Crippen MR) is 354 cm³/mol. The Morgan fingerprint density at radius 3 is 1.42 bits per heavy atom. The molecule has 8 atom stereocenters. The van der Waals surface area contributed by atoms with E-state index in [0.717, 1.165) is 71.0 Å². The maximum atomic E-state index is 3.03. The van der Waals surface area contributed by atoms with Crippen molar-refractivity contribution in [3.8, 4) is 16.8 Å². The molecular weight excluding hydrogens is 1040 g/mol. The maximum Gasteiger partial charge on any atom is 0.333 e. The van der Waals surface area contributed by atoms with Gasteiger partial charge in [-0.1, -0.05) is 54.6 Å². The molecule has 0 N–H and O–H groups in total. The lowest BCUT2D eigenvalue weighted by Gasteiger charge is -2.57. The normalized spacial score (nSPS) is 38.0. The van der Waals surface area contributed by atoms with Crippen LogP contribution in [0.3, 0.4) is 0 Å². The second-order valence-electron chi connectivity index (χ2n) is 34.0. The second-order valence-corrected chi connectivity index (χ2v) is 34.0. The highest BCUT2D eigenvalue weighted by atomic mass is 15.1. The van der Waals surface area contributed by atoms with Crippen LogP contribution in [0.15, 0.2) is 133 Å². The van der Waals surface area contributed by atoms with E-state index in [4.69, 9.17) is 0 Å². The summed E-state index contributed by atoms with van der Waals surface area (Å²) in [6, 6.07) is 56.3. The number of fused-ring (bicyclic) bond motifs is 14. The molecule has 9 aromatic rings. The summed E-state index contributed by atoms with van der Waals surface area (Å²) in [6.45, 7) is 0.0502. The van der Waals surface area contributed by atoms with E-state index >= 15 is 0 Å².